The molecule has 0 aliphatic rings. The maximum Gasteiger partial charge on any atom is 0.101 e. The second-order valence-electron chi connectivity index (χ2n) is 0.675. The molecule has 0 amide bonds. The van der Waals surface area contributed by atoms with Gasteiger partial charge in [-0.05, 0) is 10.5 Å². The van der Waals surface area contributed by atoms with Crippen LogP contribution >= 0.6 is 0 Å². The first kappa shape index (κ1) is 6.35. The van der Waals surface area contributed by atoms with Crippen molar-refractivity contribution in [2.75, 3.05) is 7.11 Å². The van der Waals surface area contributed by atoms with Crippen molar-refractivity contribution >= 4 is 6.72 Å². The van der Waals surface area contributed by atoms with Gasteiger partial charge >= 0.3 is 0 Å². The summed E-state index contributed by atoms with van der Waals surface area (Å²) in [7, 11) is 1.19. The molecule has 0 aliphatic carbocycles. The van der Waals surface area contributed by atoms with Crippen molar-refractivity contribution in [1.82, 2.24) is 0 Å². The van der Waals surface area contributed by atoms with E-state index in [9.17, 15) is 5.21 Å². The third kappa shape index (κ3) is 3.17. The molecule has 0 bridgehead atoms. The van der Waals surface area contributed by atoms with E-state index in [1.165, 1.54) is 7.11 Å². The lowest BCUT2D eigenvalue weighted by Crippen LogP contribution is -3.04. The predicted molar refractivity (Wildman–Crippen MR) is 22.0 cm³/mol. The largest absolute Gasteiger partial charge is 0.555 e. The molecule has 0 saturated carbocycles. The Bertz CT molecular complexity index is 56.9. The summed E-state index contributed by atoms with van der Waals surface area (Å²) in [5.74, 6) is 0. The fraction of sp³-hybridized carbons (Fsp3) is 0.500. The first-order valence-corrected chi connectivity index (χ1v) is 1.52. The van der Waals surface area contributed by atoms with Crippen LogP contribution in [0.1, 0.15) is 0 Å². The monoisotopic (exact) mass is 106 g/mol. The molecule has 0 fully saturated rings. The van der Waals surface area contributed by atoms with Crippen molar-refractivity contribution in [2.45, 2.75) is 0 Å². The molecule has 0 heterocycles. The van der Waals surface area contributed by atoms with Crippen molar-refractivity contribution in [3.63, 3.8) is 0 Å². The maximum atomic E-state index is 9.83. The normalized spacial score (nSPS) is 12.9. The lowest BCUT2D eigenvalue weighted by molar-refractivity contribution is -1.21. The van der Waals surface area contributed by atoms with Gasteiger partial charge in [0.05, 0.1) is 0 Å². The van der Waals surface area contributed by atoms with Crippen LogP contribution in [0.2, 0.25) is 0 Å². The van der Waals surface area contributed by atoms with Crippen LogP contribution in [0.5, 0.6) is 0 Å². The molecule has 1 N–H and O–H groups in total. The molecule has 1 unspecified atom stereocenters. The molecule has 0 rings (SSSR count). The Morgan fingerprint density at radius 3 is 2.57 bits per heavy atom. The highest BCUT2D eigenvalue weighted by Gasteiger charge is 1.84. The maximum absolute atomic E-state index is 9.83. The van der Waals surface area contributed by atoms with Crippen molar-refractivity contribution in [3.8, 4) is 0 Å². The Morgan fingerprint density at radius 1 is 1.86 bits per heavy atom. The number of rotatable bonds is 3. The Kier molecular flexibility index (Phi) is 3.21. The van der Waals surface area contributed by atoms with E-state index < -0.39 is 5.39 Å². The van der Waals surface area contributed by atoms with Gasteiger partial charge in [-0.25, -0.2) is 0 Å². The van der Waals surface area contributed by atoms with Gasteiger partial charge in [0.15, 0.2) is 0 Å². The number of hydrogen-bond donors (Lipinski definition) is 1. The molecule has 0 radical (unpaired) electrons. The quantitative estimate of drug-likeness (QED) is 0.351. The number of quaternary nitrogens is 1. The fourth-order valence-electron chi connectivity index (χ4n) is 0.0900. The minimum Gasteiger partial charge on any atom is -0.555 e. The molecule has 0 aromatic rings. The zero-order valence-corrected chi connectivity index (χ0v) is 3.88. The second-order valence-corrected chi connectivity index (χ2v) is 0.675. The topological polar surface area (TPSA) is 58.3 Å². The number of nitrogens with one attached hydrogen (secondary N) is 1. The summed E-state index contributed by atoms with van der Waals surface area (Å²) in [5, 5.41) is 11.8. The van der Waals surface area contributed by atoms with E-state index in [0.29, 0.717) is 0 Å². The van der Waals surface area contributed by atoms with Crippen LogP contribution in [0.15, 0.2) is 5.16 Å². The van der Waals surface area contributed by atoms with Crippen molar-refractivity contribution in [3.05, 3.63) is 5.21 Å². The second kappa shape index (κ2) is 3.54. The average molecular weight is 106 g/mol. The van der Waals surface area contributed by atoms with Crippen LogP contribution in [-0.4, -0.2) is 13.8 Å². The first-order chi connectivity index (χ1) is 3.31. The van der Waals surface area contributed by atoms with Crippen LogP contribution in [-0.2, 0) is 9.78 Å². The van der Waals surface area contributed by atoms with E-state index in [2.05, 4.69) is 21.6 Å². The zero-order valence-electron chi connectivity index (χ0n) is 3.88. The smallest absolute Gasteiger partial charge is 0.101 e. The molecule has 7 heavy (non-hydrogen) atoms. The van der Waals surface area contributed by atoms with Gasteiger partial charge in [0.2, 0.25) is 0 Å². The molecular formula is C2H6N2O3. The van der Waals surface area contributed by atoms with E-state index in [1.54, 1.807) is 0 Å². The summed E-state index contributed by atoms with van der Waals surface area (Å²) in [4.78, 5) is 7.84. The summed E-state index contributed by atoms with van der Waals surface area (Å²) in [5.41, 5.74) is 0. The highest BCUT2D eigenvalue weighted by atomic mass is 17.1. The SMILES string of the molecule is C=NO[NH+]([O-])OC. The van der Waals surface area contributed by atoms with Crippen LogP contribution < -0.4 is 5.39 Å². The molecule has 0 aromatic carbocycles. The summed E-state index contributed by atoms with van der Waals surface area (Å²) in [6.07, 6.45) is 0. The van der Waals surface area contributed by atoms with Gasteiger partial charge in [-0.15, -0.1) is 0 Å². The third-order valence-corrected chi connectivity index (χ3v) is 0.306. The third-order valence-electron chi connectivity index (χ3n) is 0.306. The molecule has 0 aromatic heterocycles. The van der Waals surface area contributed by atoms with E-state index in [0.717, 1.165) is 0 Å². The molecule has 5 heteroatoms. The van der Waals surface area contributed by atoms with E-state index in [1.807, 2.05) is 0 Å². The molecule has 42 valence electrons. The summed E-state index contributed by atoms with van der Waals surface area (Å²) in [6, 6.07) is 0. The van der Waals surface area contributed by atoms with Crippen molar-refractivity contribution in [1.29, 1.82) is 0 Å². The van der Waals surface area contributed by atoms with E-state index >= 15 is 0 Å². The predicted octanol–water partition coefficient (Wildman–Crippen LogP) is -1.52. The first-order valence-electron chi connectivity index (χ1n) is 1.52. The lowest BCUT2D eigenvalue weighted by Gasteiger charge is -2.08. The van der Waals surface area contributed by atoms with Crippen molar-refractivity contribution < 1.29 is 15.2 Å². The van der Waals surface area contributed by atoms with E-state index in [-0.39, 0.29) is 0 Å². The zero-order chi connectivity index (χ0) is 5.70. The van der Waals surface area contributed by atoms with Gasteiger partial charge in [-0.2, -0.15) is 9.78 Å². The van der Waals surface area contributed by atoms with Crippen LogP contribution in [0, 0.1) is 5.21 Å². The Balaban J connectivity index is 2.98. The Labute approximate surface area is 40.6 Å². The fourth-order valence-corrected chi connectivity index (χ4v) is 0.0900. The minimum absolute atomic E-state index is 0.852. The van der Waals surface area contributed by atoms with Gasteiger partial charge in [0.1, 0.15) is 7.11 Å². The molecule has 1 atom stereocenters. The minimum atomic E-state index is -0.852. The van der Waals surface area contributed by atoms with Gasteiger partial charge in [0, 0.05) is 6.72 Å². The summed E-state index contributed by atoms with van der Waals surface area (Å²) < 4.78 is 0. The van der Waals surface area contributed by atoms with Gasteiger partial charge < -0.3 is 5.21 Å². The van der Waals surface area contributed by atoms with Crippen LogP contribution in [0.4, 0.5) is 0 Å². The van der Waals surface area contributed by atoms with Crippen molar-refractivity contribution in [2.24, 2.45) is 5.16 Å². The van der Waals surface area contributed by atoms with Crippen LogP contribution in [0.25, 0.3) is 0 Å². The Hall–Kier alpha value is -0.650. The summed E-state index contributed by atoms with van der Waals surface area (Å²) >= 11 is 0. The summed E-state index contributed by atoms with van der Waals surface area (Å²) in [6.45, 7) is 2.88. The van der Waals surface area contributed by atoms with Gasteiger partial charge in [-0.3, -0.25) is 0 Å². The highest BCUT2D eigenvalue weighted by Crippen LogP contribution is 1.49. The number of hydrogen-bond acceptors (Lipinski definition) is 4. The Morgan fingerprint density at radius 2 is 2.43 bits per heavy atom. The number of nitrogens with zero attached hydrogens (tertiary/aromatic N) is 1. The van der Waals surface area contributed by atoms with Crippen LogP contribution in [0.3, 0.4) is 0 Å². The molecule has 0 spiro atoms. The molecule has 0 aliphatic heterocycles. The standard InChI is InChI=1S/C2H6N2O3/c1-3-7-4(5)6-2/h4H,1H2,2H3. The average Bonchev–Trinajstić information content (AvgIpc) is 1.68. The molecule has 0 saturated heterocycles. The van der Waals surface area contributed by atoms with Gasteiger partial charge in [-0.1, -0.05) is 0 Å². The highest BCUT2D eigenvalue weighted by molar-refractivity contribution is 5.21. The number of oxime groups is 1. The molecule has 5 nitrogen and oxygen atoms in total. The molecular weight excluding hydrogens is 100 g/mol. The van der Waals surface area contributed by atoms with Gasteiger partial charge in [0.25, 0.3) is 0 Å². The van der Waals surface area contributed by atoms with E-state index in [4.69, 9.17) is 0 Å². The lowest BCUT2D eigenvalue weighted by atomic mass is 11.7.